The molecule has 0 aromatic carbocycles. The molecule has 1 heterocycles. The van der Waals surface area contributed by atoms with Crippen molar-refractivity contribution in [3.63, 3.8) is 0 Å². The topological polar surface area (TPSA) is 68.0 Å². The zero-order chi connectivity index (χ0) is 10.6. The third-order valence-electron chi connectivity index (χ3n) is 1.90. The molecule has 0 saturated heterocycles. The number of amides is 1. The van der Waals surface area contributed by atoms with Gasteiger partial charge < -0.3 is 11.1 Å². The third-order valence-corrected chi connectivity index (χ3v) is 1.90. The summed E-state index contributed by atoms with van der Waals surface area (Å²) in [4.78, 5) is 14.8. The van der Waals surface area contributed by atoms with Crippen LogP contribution >= 0.6 is 0 Å². The van der Waals surface area contributed by atoms with E-state index in [-0.39, 0.29) is 11.9 Å². The summed E-state index contributed by atoms with van der Waals surface area (Å²) >= 11 is 0. The Morgan fingerprint density at radius 1 is 1.71 bits per heavy atom. The van der Waals surface area contributed by atoms with Crippen molar-refractivity contribution in [2.45, 2.75) is 26.3 Å². The van der Waals surface area contributed by atoms with Crippen LogP contribution in [0.2, 0.25) is 0 Å². The van der Waals surface area contributed by atoms with Gasteiger partial charge in [0.1, 0.15) is 5.82 Å². The largest absolute Gasteiger partial charge is 0.370 e. The molecule has 0 aliphatic heterocycles. The highest BCUT2D eigenvalue weighted by Gasteiger charge is 2.07. The van der Waals surface area contributed by atoms with Crippen LogP contribution in [0.4, 0.5) is 5.82 Å². The van der Waals surface area contributed by atoms with Crippen molar-refractivity contribution in [3.05, 3.63) is 23.9 Å². The van der Waals surface area contributed by atoms with Crippen LogP contribution in [0.25, 0.3) is 0 Å². The Kier molecular flexibility index (Phi) is 3.45. The second-order valence-corrected chi connectivity index (χ2v) is 3.38. The molecule has 76 valence electrons. The molecule has 0 bridgehead atoms. The van der Waals surface area contributed by atoms with Gasteiger partial charge in [-0.1, -0.05) is 6.07 Å². The minimum Gasteiger partial charge on any atom is -0.370 e. The van der Waals surface area contributed by atoms with Gasteiger partial charge in [-0.3, -0.25) is 4.79 Å². The molecule has 0 radical (unpaired) electrons. The first-order valence-electron chi connectivity index (χ1n) is 4.56. The lowest BCUT2D eigenvalue weighted by atomic mass is 10.2. The Bertz CT molecular complexity index is 325. The average molecular weight is 193 g/mol. The van der Waals surface area contributed by atoms with Gasteiger partial charge in [-0.15, -0.1) is 0 Å². The summed E-state index contributed by atoms with van der Waals surface area (Å²) in [5, 5.41) is 3.13. The number of carbonyl (C=O) groups excluding carboxylic acids is 1. The minimum atomic E-state index is -0.307. The van der Waals surface area contributed by atoms with Crippen molar-refractivity contribution in [2.24, 2.45) is 5.73 Å². The van der Waals surface area contributed by atoms with Crippen LogP contribution < -0.4 is 11.1 Å². The van der Waals surface area contributed by atoms with Gasteiger partial charge in [0.25, 0.3) is 0 Å². The van der Waals surface area contributed by atoms with Crippen LogP contribution in [-0.4, -0.2) is 16.9 Å². The Labute approximate surface area is 83.5 Å². The fourth-order valence-electron chi connectivity index (χ4n) is 1.22. The highest BCUT2D eigenvalue weighted by Crippen LogP contribution is 2.11. The Balaban J connectivity index is 2.60. The monoisotopic (exact) mass is 193 g/mol. The number of aryl methyl sites for hydroxylation is 1. The van der Waals surface area contributed by atoms with E-state index in [1.165, 1.54) is 0 Å². The molecule has 0 aliphatic carbocycles. The number of carbonyl (C=O) groups is 1. The minimum absolute atomic E-state index is 0.0149. The third kappa shape index (κ3) is 3.05. The van der Waals surface area contributed by atoms with Gasteiger partial charge >= 0.3 is 0 Å². The predicted octanol–water partition coefficient (Wildman–Crippen LogP) is 1.07. The molecular weight excluding hydrogens is 178 g/mol. The van der Waals surface area contributed by atoms with Crippen molar-refractivity contribution in [1.29, 1.82) is 0 Å². The van der Waals surface area contributed by atoms with Crippen molar-refractivity contribution in [1.82, 2.24) is 4.98 Å². The summed E-state index contributed by atoms with van der Waals surface area (Å²) in [6, 6.07) is 3.85. The van der Waals surface area contributed by atoms with Crippen LogP contribution in [-0.2, 0) is 4.79 Å². The van der Waals surface area contributed by atoms with Crippen molar-refractivity contribution in [3.8, 4) is 0 Å². The standard InChI is InChI=1S/C10H15N3O/c1-7-4-3-5-12-10(7)13-8(2)6-9(11)14/h3-5,8H,6H2,1-2H3,(H2,11,14)(H,12,13). The average Bonchev–Trinajstić information content (AvgIpc) is 2.07. The van der Waals surface area contributed by atoms with E-state index in [1.54, 1.807) is 6.20 Å². The molecule has 3 N–H and O–H groups in total. The Hall–Kier alpha value is -1.58. The fourth-order valence-corrected chi connectivity index (χ4v) is 1.22. The van der Waals surface area contributed by atoms with Gasteiger partial charge in [-0.2, -0.15) is 0 Å². The number of nitrogens with two attached hydrogens (primary N) is 1. The highest BCUT2D eigenvalue weighted by atomic mass is 16.1. The van der Waals surface area contributed by atoms with E-state index in [4.69, 9.17) is 5.73 Å². The quantitative estimate of drug-likeness (QED) is 0.751. The van der Waals surface area contributed by atoms with E-state index in [0.717, 1.165) is 11.4 Å². The van der Waals surface area contributed by atoms with E-state index in [2.05, 4.69) is 10.3 Å². The predicted molar refractivity (Wildman–Crippen MR) is 55.9 cm³/mol. The molecule has 1 aromatic rings. The van der Waals surface area contributed by atoms with Gasteiger partial charge in [0.2, 0.25) is 5.91 Å². The maximum Gasteiger partial charge on any atom is 0.219 e. The van der Waals surface area contributed by atoms with Crippen LogP contribution in [0.3, 0.4) is 0 Å². The zero-order valence-corrected chi connectivity index (χ0v) is 8.45. The van der Waals surface area contributed by atoms with Crippen LogP contribution in [0.5, 0.6) is 0 Å². The molecule has 1 aromatic heterocycles. The molecule has 0 spiro atoms. The van der Waals surface area contributed by atoms with E-state index in [1.807, 2.05) is 26.0 Å². The van der Waals surface area contributed by atoms with E-state index in [0.29, 0.717) is 6.42 Å². The fraction of sp³-hybridized carbons (Fsp3) is 0.400. The van der Waals surface area contributed by atoms with Gasteiger partial charge in [0.15, 0.2) is 0 Å². The number of nitrogens with zero attached hydrogens (tertiary/aromatic N) is 1. The summed E-state index contributed by atoms with van der Waals surface area (Å²) in [5.41, 5.74) is 6.14. The lowest BCUT2D eigenvalue weighted by Gasteiger charge is -2.13. The molecular formula is C10H15N3O. The summed E-state index contributed by atoms with van der Waals surface area (Å²) in [5.74, 6) is 0.500. The first-order chi connectivity index (χ1) is 6.59. The zero-order valence-electron chi connectivity index (χ0n) is 8.45. The van der Waals surface area contributed by atoms with Crippen molar-refractivity contribution < 1.29 is 4.79 Å². The number of pyridine rings is 1. The maximum atomic E-state index is 10.6. The second kappa shape index (κ2) is 4.60. The molecule has 0 fully saturated rings. The number of hydrogen-bond donors (Lipinski definition) is 2. The first-order valence-corrected chi connectivity index (χ1v) is 4.56. The molecule has 1 unspecified atom stereocenters. The summed E-state index contributed by atoms with van der Waals surface area (Å²) in [7, 11) is 0. The summed E-state index contributed by atoms with van der Waals surface area (Å²) in [6.07, 6.45) is 2.03. The lowest BCUT2D eigenvalue weighted by Crippen LogP contribution is -2.24. The van der Waals surface area contributed by atoms with Crippen LogP contribution in [0.1, 0.15) is 18.9 Å². The highest BCUT2D eigenvalue weighted by molar-refractivity contribution is 5.74. The molecule has 0 saturated carbocycles. The Morgan fingerprint density at radius 3 is 3.00 bits per heavy atom. The van der Waals surface area contributed by atoms with Crippen LogP contribution in [0.15, 0.2) is 18.3 Å². The van der Waals surface area contributed by atoms with Crippen molar-refractivity contribution in [2.75, 3.05) is 5.32 Å². The van der Waals surface area contributed by atoms with E-state index >= 15 is 0 Å². The van der Waals surface area contributed by atoms with Gasteiger partial charge in [0, 0.05) is 18.7 Å². The second-order valence-electron chi connectivity index (χ2n) is 3.38. The normalized spacial score (nSPS) is 12.1. The number of nitrogens with one attached hydrogen (secondary N) is 1. The molecule has 1 rings (SSSR count). The smallest absolute Gasteiger partial charge is 0.219 e. The van der Waals surface area contributed by atoms with Crippen molar-refractivity contribution >= 4 is 11.7 Å². The summed E-state index contributed by atoms with van der Waals surface area (Å²) < 4.78 is 0. The molecule has 14 heavy (non-hydrogen) atoms. The van der Waals surface area contributed by atoms with Gasteiger partial charge in [0.05, 0.1) is 0 Å². The van der Waals surface area contributed by atoms with Gasteiger partial charge in [-0.05, 0) is 25.5 Å². The summed E-state index contributed by atoms with van der Waals surface area (Å²) in [6.45, 7) is 3.87. The number of hydrogen-bond acceptors (Lipinski definition) is 3. The maximum absolute atomic E-state index is 10.6. The number of rotatable bonds is 4. The van der Waals surface area contributed by atoms with Gasteiger partial charge in [-0.25, -0.2) is 4.98 Å². The molecule has 4 nitrogen and oxygen atoms in total. The molecule has 0 aliphatic rings. The molecule has 4 heteroatoms. The lowest BCUT2D eigenvalue weighted by molar-refractivity contribution is -0.118. The molecule has 1 atom stereocenters. The van der Waals surface area contributed by atoms with E-state index < -0.39 is 0 Å². The SMILES string of the molecule is Cc1cccnc1NC(C)CC(N)=O. The molecule has 1 amide bonds. The number of aromatic nitrogens is 1. The Morgan fingerprint density at radius 2 is 2.43 bits per heavy atom. The number of primary amides is 1. The first kappa shape index (κ1) is 10.5. The van der Waals surface area contributed by atoms with Crippen LogP contribution in [0, 0.1) is 6.92 Å². The van der Waals surface area contributed by atoms with E-state index in [9.17, 15) is 4.79 Å². The number of anilines is 1.